The monoisotopic (exact) mass is 475 g/mol. The molecule has 2 amide bonds. The first-order valence-corrected chi connectivity index (χ1v) is 11.2. The van der Waals surface area contributed by atoms with Gasteiger partial charge in [0.2, 0.25) is 11.8 Å². The SMILES string of the molecule is COc1cc(/C=N/NC(=O)[C@H]2CC(=O)N(c3ccc(C)cc3)C2)ccc1OCc1ccc(F)cc1. The number of halogens is 1. The number of hydrogen-bond donors (Lipinski definition) is 1. The first-order chi connectivity index (χ1) is 16.9. The highest BCUT2D eigenvalue weighted by atomic mass is 19.1. The molecule has 0 aliphatic carbocycles. The van der Waals surface area contributed by atoms with Gasteiger partial charge in [0.1, 0.15) is 12.4 Å². The maximum atomic E-state index is 13.1. The van der Waals surface area contributed by atoms with Crippen LogP contribution in [-0.4, -0.2) is 31.7 Å². The van der Waals surface area contributed by atoms with E-state index in [0.29, 0.717) is 23.6 Å². The van der Waals surface area contributed by atoms with Crippen LogP contribution in [0.25, 0.3) is 0 Å². The molecular formula is C27H26FN3O4. The second kappa shape index (κ2) is 10.8. The molecule has 0 radical (unpaired) electrons. The number of nitrogens with one attached hydrogen (secondary N) is 1. The van der Waals surface area contributed by atoms with Crippen LogP contribution in [-0.2, 0) is 16.2 Å². The van der Waals surface area contributed by atoms with E-state index >= 15 is 0 Å². The predicted octanol–water partition coefficient (Wildman–Crippen LogP) is 4.22. The van der Waals surface area contributed by atoms with Crippen molar-refractivity contribution in [2.45, 2.75) is 20.0 Å². The van der Waals surface area contributed by atoms with Crippen molar-refractivity contribution in [3.05, 3.63) is 89.2 Å². The molecule has 0 aromatic heterocycles. The van der Waals surface area contributed by atoms with E-state index in [2.05, 4.69) is 10.5 Å². The van der Waals surface area contributed by atoms with Gasteiger partial charge in [-0.05, 0) is 60.5 Å². The van der Waals surface area contributed by atoms with Crippen molar-refractivity contribution in [1.29, 1.82) is 0 Å². The Bertz CT molecular complexity index is 1230. The van der Waals surface area contributed by atoms with Crippen molar-refractivity contribution >= 4 is 23.7 Å². The molecule has 1 heterocycles. The molecule has 7 nitrogen and oxygen atoms in total. The van der Waals surface area contributed by atoms with Gasteiger partial charge in [-0.2, -0.15) is 5.10 Å². The number of carbonyl (C=O) groups is 2. The largest absolute Gasteiger partial charge is 0.493 e. The molecule has 0 bridgehead atoms. The van der Waals surface area contributed by atoms with Crippen LogP contribution in [0.4, 0.5) is 10.1 Å². The van der Waals surface area contributed by atoms with Gasteiger partial charge in [0.15, 0.2) is 11.5 Å². The lowest BCUT2D eigenvalue weighted by molar-refractivity contribution is -0.126. The third-order valence-electron chi connectivity index (χ3n) is 5.73. The molecule has 3 aromatic rings. The lowest BCUT2D eigenvalue weighted by atomic mass is 10.1. The summed E-state index contributed by atoms with van der Waals surface area (Å²) in [6.07, 6.45) is 1.64. The average Bonchev–Trinajstić information content (AvgIpc) is 3.26. The molecule has 0 saturated carbocycles. The van der Waals surface area contributed by atoms with E-state index in [-0.39, 0.29) is 30.7 Å². The van der Waals surface area contributed by atoms with Gasteiger partial charge in [0.05, 0.1) is 19.2 Å². The fraction of sp³-hybridized carbons (Fsp3) is 0.222. The summed E-state index contributed by atoms with van der Waals surface area (Å²) in [5.74, 6) is -0.145. The number of rotatable bonds is 8. The lowest BCUT2D eigenvalue weighted by Crippen LogP contribution is -2.30. The summed E-state index contributed by atoms with van der Waals surface area (Å²) < 4.78 is 24.2. The van der Waals surface area contributed by atoms with Gasteiger partial charge < -0.3 is 14.4 Å². The quantitative estimate of drug-likeness (QED) is 0.391. The molecule has 1 atom stereocenters. The van der Waals surface area contributed by atoms with Crippen LogP contribution in [0.1, 0.15) is 23.1 Å². The van der Waals surface area contributed by atoms with Crippen molar-refractivity contribution in [2.75, 3.05) is 18.6 Å². The first-order valence-electron chi connectivity index (χ1n) is 11.2. The number of amides is 2. The number of benzene rings is 3. The molecule has 0 spiro atoms. The smallest absolute Gasteiger partial charge is 0.245 e. The summed E-state index contributed by atoms with van der Waals surface area (Å²) in [7, 11) is 1.53. The van der Waals surface area contributed by atoms with Crippen LogP contribution >= 0.6 is 0 Å². The third kappa shape index (κ3) is 6.03. The van der Waals surface area contributed by atoms with Crippen molar-refractivity contribution in [3.8, 4) is 11.5 Å². The summed E-state index contributed by atoms with van der Waals surface area (Å²) >= 11 is 0. The molecule has 3 aromatic carbocycles. The Balaban J connectivity index is 1.33. The first kappa shape index (κ1) is 23.9. The van der Waals surface area contributed by atoms with Crippen LogP contribution in [0.3, 0.4) is 0 Å². The highest BCUT2D eigenvalue weighted by molar-refractivity contribution is 6.00. The van der Waals surface area contributed by atoms with E-state index in [1.54, 1.807) is 35.2 Å². The molecule has 4 rings (SSSR count). The van der Waals surface area contributed by atoms with Crippen LogP contribution in [0, 0.1) is 18.7 Å². The van der Waals surface area contributed by atoms with Crippen molar-refractivity contribution in [1.82, 2.24) is 5.43 Å². The molecule has 35 heavy (non-hydrogen) atoms. The van der Waals surface area contributed by atoms with E-state index in [0.717, 1.165) is 16.8 Å². The summed E-state index contributed by atoms with van der Waals surface area (Å²) in [4.78, 5) is 26.6. The number of anilines is 1. The summed E-state index contributed by atoms with van der Waals surface area (Å²) in [6.45, 7) is 2.56. The highest BCUT2D eigenvalue weighted by Gasteiger charge is 2.35. The second-order valence-electron chi connectivity index (χ2n) is 8.30. The number of hydrazone groups is 1. The minimum Gasteiger partial charge on any atom is -0.493 e. The van der Waals surface area contributed by atoms with Gasteiger partial charge in [-0.1, -0.05) is 29.8 Å². The molecule has 1 aliphatic rings. The Morgan fingerprint density at radius 3 is 2.57 bits per heavy atom. The normalized spacial score (nSPS) is 15.5. The molecule has 1 saturated heterocycles. The maximum Gasteiger partial charge on any atom is 0.245 e. The Hall–Kier alpha value is -4.20. The van der Waals surface area contributed by atoms with Crippen LogP contribution in [0.5, 0.6) is 11.5 Å². The minimum absolute atomic E-state index is 0.0843. The van der Waals surface area contributed by atoms with E-state index in [1.165, 1.54) is 25.5 Å². The zero-order chi connectivity index (χ0) is 24.8. The van der Waals surface area contributed by atoms with E-state index in [9.17, 15) is 14.0 Å². The van der Waals surface area contributed by atoms with Crippen molar-refractivity contribution in [3.63, 3.8) is 0 Å². The Labute approximate surface area is 203 Å². The summed E-state index contributed by atoms with van der Waals surface area (Å²) in [5, 5.41) is 4.04. The Morgan fingerprint density at radius 1 is 1.11 bits per heavy atom. The number of hydrogen-bond acceptors (Lipinski definition) is 5. The van der Waals surface area contributed by atoms with Crippen molar-refractivity contribution in [2.24, 2.45) is 11.0 Å². The fourth-order valence-electron chi connectivity index (χ4n) is 3.74. The molecular weight excluding hydrogens is 449 g/mol. The molecule has 1 N–H and O–H groups in total. The number of aryl methyl sites for hydroxylation is 1. The third-order valence-corrected chi connectivity index (χ3v) is 5.73. The van der Waals surface area contributed by atoms with Gasteiger partial charge in [-0.15, -0.1) is 0 Å². The van der Waals surface area contributed by atoms with Crippen LogP contribution in [0.2, 0.25) is 0 Å². The van der Waals surface area contributed by atoms with Gasteiger partial charge in [-0.3, -0.25) is 9.59 Å². The van der Waals surface area contributed by atoms with E-state index < -0.39 is 5.92 Å². The molecule has 0 unspecified atom stereocenters. The van der Waals surface area contributed by atoms with E-state index in [1.807, 2.05) is 31.2 Å². The standard InChI is InChI=1S/C27H26FN3O4/c1-18-3-10-23(11-4-18)31-16-21(14-26(31)32)27(33)30-29-15-20-7-12-24(25(13-20)34-2)35-17-19-5-8-22(28)9-6-19/h3-13,15,21H,14,16-17H2,1-2H3,(H,30,33)/b29-15+/t21-/m0/s1. The Morgan fingerprint density at radius 2 is 1.86 bits per heavy atom. The molecule has 180 valence electrons. The topological polar surface area (TPSA) is 80.2 Å². The molecule has 8 heteroatoms. The zero-order valence-corrected chi connectivity index (χ0v) is 19.5. The zero-order valence-electron chi connectivity index (χ0n) is 19.5. The highest BCUT2D eigenvalue weighted by Crippen LogP contribution is 2.29. The number of carbonyl (C=O) groups excluding carboxylic acids is 2. The lowest BCUT2D eigenvalue weighted by Gasteiger charge is -2.16. The minimum atomic E-state index is -0.474. The maximum absolute atomic E-state index is 13.1. The van der Waals surface area contributed by atoms with Crippen molar-refractivity contribution < 1.29 is 23.5 Å². The molecule has 1 fully saturated rings. The van der Waals surface area contributed by atoms with Gasteiger partial charge in [0.25, 0.3) is 0 Å². The Kier molecular flexibility index (Phi) is 7.40. The molecule has 1 aliphatic heterocycles. The fourth-order valence-corrected chi connectivity index (χ4v) is 3.74. The number of methoxy groups -OCH3 is 1. The van der Waals surface area contributed by atoms with Gasteiger partial charge in [-0.25, -0.2) is 9.82 Å². The van der Waals surface area contributed by atoms with Gasteiger partial charge in [0, 0.05) is 18.7 Å². The summed E-state index contributed by atoms with van der Waals surface area (Å²) in [5.41, 5.74) is 5.94. The summed E-state index contributed by atoms with van der Waals surface area (Å²) in [6, 6.07) is 19.0. The van der Waals surface area contributed by atoms with E-state index in [4.69, 9.17) is 9.47 Å². The van der Waals surface area contributed by atoms with Crippen LogP contribution < -0.4 is 19.8 Å². The average molecular weight is 476 g/mol. The number of ether oxygens (including phenoxy) is 2. The number of nitrogens with zero attached hydrogens (tertiary/aromatic N) is 2. The predicted molar refractivity (Wildman–Crippen MR) is 131 cm³/mol. The second-order valence-corrected chi connectivity index (χ2v) is 8.30. The van der Waals surface area contributed by atoms with Crippen LogP contribution in [0.15, 0.2) is 71.8 Å². The van der Waals surface area contributed by atoms with Gasteiger partial charge >= 0.3 is 0 Å².